The van der Waals surface area contributed by atoms with Crippen molar-refractivity contribution in [2.75, 3.05) is 44.1 Å². The second kappa shape index (κ2) is 10.8. The summed E-state index contributed by atoms with van der Waals surface area (Å²) in [5, 5.41) is 2.81. The van der Waals surface area contributed by atoms with Crippen molar-refractivity contribution >= 4 is 29.1 Å². The lowest BCUT2D eigenvalue weighted by molar-refractivity contribution is -0.138. The highest BCUT2D eigenvalue weighted by molar-refractivity contribution is 6.02. The number of benzene rings is 2. The number of carbonyl (C=O) groups is 3. The van der Waals surface area contributed by atoms with Crippen LogP contribution in [-0.4, -0.2) is 56.5 Å². The first-order valence-electron chi connectivity index (χ1n) is 11.0. The number of ether oxygens (including phenoxy) is 2. The van der Waals surface area contributed by atoms with Crippen LogP contribution in [0.3, 0.4) is 0 Å². The molecule has 0 aromatic heterocycles. The van der Waals surface area contributed by atoms with E-state index in [0.717, 1.165) is 5.56 Å². The molecular formula is C25H31N3O5. The molecule has 1 saturated heterocycles. The van der Waals surface area contributed by atoms with Crippen molar-refractivity contribution in [1.82, 2.24) is 4.90 Å². The molecule has 1 aliphatic heterocycles. The van der Waals surface area contributed by atoms with Crippen molar-refractivity contribution in [2.24, 2.45) is 5.92 Å². The van der Waals surface area contributed by atoms with E-state index in [2.05, 4.69) is 5.32 Å². The molecule has 0 aliphatic carbocycles. The number of aryl methyl sites for hydroxylation is 1. The van der Waals surface area contributed by atoms with Crippen LogP contribution in [-0.2, 0) is 14.4 Å². The van der Waals surface area contributed by atoms with Crippen LogP contribution in [0, 0.1) is 12.8 Å². The first kappa shape index (κ1) is 24.1. The molecule has 1 atom stereocenters. The van der Waals surface area contributed by atoms with Gasteiger partial charge in [-0.25, -0.2) is 0 Å². The molecule has 0 radical (unpaired) electrons. The molecule has 0 saturated carbocycles. The van der Waals surface area contributed by atoms with Crippen LogP contribution in [0.25, 0.3) is 0 Å². The molecule has 8 nitrogen and oxygen atoms in total. The van der Waals surface area contributed by atoms with Gasteiger partial charge in [-0.1, -0.05) is 25.1 Å². The Kier molecular flexibility index (Phi) is 7.92. The van der Waals surface area contributed by atoms with Gasteiger partial charge in [0.05, 0.1) is 38.1 Å². The normalized spacial score (nSPS) is 15.3. The number of rotatable bonds is 9. The third-order valence-electron chi connectivity index (χ3n) is 5.62. The van der Waals surface area contributed by atoms with Crippen molar-refractivity contribution in [2.45, 2.75) is 26.7 Å². The van der Waals surface area contributed by atoms with Gasteiger partial charge in [0.15, 0.2) is 0 Å². The van der Waals surface area contributed by atoms with E-state index in [0.29, 0.717) is 35.8 Å². The summed E-state index contributed by atoms with van der Waals surface area (Å²) in [6, 6.07) is 12.7. The van der Waals surface area contributed by atoms with E-state index in [-0.39, 0.29) is 37.2 Å². The highest BCUT2D eigenvalue weighted by Crippen LogP contribution is 2.34. The van der Waals surface area contributed by atoms with Crippen LogP contribution in [0.5, 0.6) is 11.5 Å². The number of carbonyl (C=O) groups excluding carboxylic acids is 3. The average Bonchev–Trinajstić information content (AvgIpc) is 3.20. The minimum absolute atomic E-state index is 0.0941. The molecule has 2 aromatic rings. The summed E-state index contributed by atoms with van der Waals surface area (Å²) < 4.78 is 10.7. The van der Waals surface area contributed by atoms with Crippen LogP contribution < -0.4 is 19.7 Å². The third-order valence-corrected chi connectivity index (χ3v) is 5.62. The van der Waals surface area contributed by atoms with Gasteiger partial charge >= 0.3 is 0 Å². The highest BCUT2D eigenvalue weighted by Gasteiger charge is 2.38. The molecule has 33 heavy (non-hydrogen) atoms. The van der Waals surface area contributed by atoms with E-state index in [4.69, 9.17) is 9.47 Å². The van der Waals surface area contributed by atoms with Crippen LogP contribution in [0.4, 0.5) is 11.4 Å². The third kappa shape index (κ3) is 5.63. The largest absolute Gasteiger partial charge is 0.495 e. The molecule has 1 unspecified atom stereocenters. The zero-order chi connectivity index (χ0) is 24.0. The molecule has 1 N–H and O–H groups in total. The van der Waals surface area contributed by atoms with Gasteiger partial charge in [0.2, 0.25) is 17.7 Å². The van der Waals surface area contributed by atoms with Gasteiger partial charge < -0.3 is 24.6 Å². The number of hydrogen-bond donors (Lipinski definition) is 1. The lowest BCUT2D eigenvalue weighted by atomic mass is 10.1. The summed E-state index contributed by atoms with van der Waals surface area (Å²) >= 11 is 0. The van der Waals surface area contributed by atoms with Crippen LogP contribution in [0.1, 0.15) is 25.3 Å². The van der Waals surface area contributed by atoms with Gasteiger partial charge in [-0.15, -0.1) is 0 Å². The van der Waals surface area contributed by atoms with E-state index in [1.54, 1.807) is 30.2 Å². The molecule has 0 spiro atoms. The minimum atomic E-state index is -0.520. The van der Waals surface area contributed by atoms with E-state index < -0.39 is 5.92 Å². The smallest absolute Gasteiger partial charge is 0.244 e. The minimum Gasteiger partial charge on any atom is -0.495 e. The van der Waals surface area contributed by atoms with Crippen molar-refractivity contribution in [3.63, 3.8) is 0 Å². The van der Waals surface area contributed by atoms with E-state index in [1.807, 2.05) is 38.1 Å². The number of nitrogens with zero attached hydrogens (tertiary/aromatic N) is 2. The second-order valence-electron chi connectivity index (χ2n) is 8.09. The molecule has 1 fully saturated rings. The zero-order valence-corrected chi connectivity index (χ0v) is 19.6. The summed E-state index contributed by atoms with van der Waals surface area (Å²) in [4.78, 5) is 41.9. The summed E-state index contributed by atoms with van der Waals surface area (Å²) in [6.45, 7) is 4.48. The monoisotopic (exact) mass is 453 g/mol. The fourth-order valence-electron chi connectivity index (χ4n) is 4.02. The van der Waals surface area contributed by atoms with Crippen LogP contribution >= 0.6 is 0 Å². The van der Waals surface area contributed by atoms with Crippen molar-refractivity contribution in [3.05, 3.63) is 48.0 Å². The van der Waals surface area contributed by atoms with Crippen molar-refractivity contribution in [1.29, 1.82) is 0 Å². The molecule has 3 amide bonds. The Bertz CT molecular complexity index is 1020. The Morgan fingerprint density at radius 2 is 1.85 bits per heavy atom. The Hall–Kier alpha value is -3.55. The van der Waals surface area contributed by atoms with Crippen LogP contribution in [0.15, 0.2) is 42.5 Å². The molecule has 1 heterocycles. The topological polar surface area (TPSA) is 88.2 Å². The second-order valence-corrected chi connectivity index (χ2v) is 8.09. The maximum Gasteiger partial charge on any atom is 0.244 e. The van der Waals surface area contributed by atoms with Gasteiger partial charge in [-0.05, 0) is 43.2 Å². The number of anilines is 2. The van der Waals surface area contributed by atoms with Crippen molar-refractivity contribution in [3.8, 4) is 11.5 Å². The molecule has 0 bridgehead atoms. The van der Waals surface area contributed by atoms with Gasteiger partial charge in [0, 0.05) is 19.5 Å². The van der Waals surface area contributed by atoms with Crippen molar-refractivity contribution < 1.29 is 23.9 Å². The Labute approximate surface area is 194 Å². The standard InChI is InChI=1S/C25H31N3O5/c1-5-12-27(16-23(29)26-19-8-6-7-9-21(19)32-3)25(31)18-14-24(30)28(15-18)20-13-17(2)10-11-22(20)33-4/h6-11,13,18H,5,12,14-16H2,1-4H3,(H,26,29). The highest BCUT2D eigenvalue weighted by atomic mass is 16.5. The van der Waals surface area contributed by atoms with Gasteiger partial charge in [0.1, 0.15) is 11.5 Å². The number of nitrogens with one attached hydrogen (secondary N) is 1. The van der Waals surface area contributed by atoms with Gasteiger partial charge in [0.25, 0.3) is 0 Å². The fraction of sp³-hybridized carbons (Fsp3) is 0.400. The predicted octanol–water partition coefficient (Wildman–Crippen LogP) is 3.24. The summed E-state index contributed by atoms with van der Waals surface area (Å²) in [7, 11) is 3.09. The Morgan fingerprint density at radius 1 is 1.12 bits per heavy atom. The predicted molar refractivity (Wildman–Crippen MR) is 127 cm³/mol. The van der Waals surface area contributed by atoms with E-state index in [9.17, 15) is 14.4 Å². The maximum atomic E-state index is 13.3. The average molecular weight is 454 g/mol. The quantitative estimate of drug-likeness (QED) is 0.630. The Balaban J connectivity index is 1.71. The zero-order valence-electron chi connectivity index (χ0n) is 19.6. The molecule has 3 rings (SSSR count). The lowest BCUT2D eigenvalue weighted by Crippen LogP contribution is -2.42. The fourth-order valence-corrected chi connectivity index (χ4v) is 4.02. The van der Waals surface area contributed by atoms with Gasteiger partial charge in [-0.2, -0.15) is 0 Å². The summed E-state index contributed by atoms with van der Waals surface area (Å²) in [6.07, 6.45) is 0.800. The van der Waals surface area contributed by atoms with E-state index in [1.165, 1.54) is 12.0 Å². The van der Waals surface area contributed by atoms with E-state index >= 15 is 0 Å². The van der Waals surface area contributed by atoms with Crippen LogP contribution in [0.2, 0.25) is 0 Å². The lowest BCUT2D eigenvalue weighted by Gasteiger charge is -2.25. The molecule has 1 aliphatic rings. The molecular weight excluding hydrogens is 422 g/mol. The first-order valence-corrected chi connectivity index (χ1v) is 11.0. The SMILES string of the molecule is CCCN(CC(=O)Nc1ccccc1OC)C(=O)C1CC(=O)N(c2cc(C)ccc2OC)C1. The molecule has 176 valence electrons. The maximum absolute atomic E-state index is 13.3. The molecule has 8 heteroatoms. The Morgan fingerprint density at radius 3 is 2.55 bits per heavy atom. The number of methoxy groups -OCH3 is 2. The molecule has 2 aromatic carbocycles. The number of para-hydroxylation sites is 2. The number of amides is 3. The number of hydrogen-bond acceptors (Lipinski definition) is 5. The first-order chi connectivity index (χ1) is 15.9. The summed E-state index contributed by atoms with van der Waals surface area (Å²) in [5.74, 6) is -0.0372. The van der Waals surface area contributed by atoms with Gasteiger partial charge in [-0.3, -0.25) is 14.4 Å². The summed E-state index contributed by atoms with van der Waals surface area (Å²) in [5.41, 5.74) is 2.20.